The average molecular weight is 191 g/mol. The molecule has 0 aromatic carbocycles. The first-order valence-corrected chi connectivity index (χ1v) is 4.20. The van der Waals surface area contributed by atoms with Crippen LogP contribution in [0.3, 0.4) is 0 Å². The molecule has 0 fully saturated rings. The summed E-state index contributed by atoms with van der Waals surface area (Å²) in [6.45, 7) is 0. The van der Waals surface area contributed by atoms with E-state index in [1.54, 1.807) is 12.1 Å². The second-order valence-corrected chi connectivity index (χ2v) is 3.68. The van der Waals surface area contributed by atoms with Gasteiger partial charge in [0.15, 0.2) is 6.29 Å². The fraction of sp³-hybridized carbons (Fsp3) is 0.286. The molecule has 1 unspecified atom stereocenters. The van der Waals surface area contributed by atoms with Gasteiger partial charge in [-0.2, -0.15) is 0 Å². The van der Waals surface area contributed by atoms with E-state index < -0.39 is 6.10 Å². The van der Waals surface area contributed by atoms with E-state index in [4.69, 9.17) is 16.3 Å². The standard InChI is InChI=1S/C7H7ClO2S/c1-10-5(4-9)6-2-3-7(8)11-6/h2-5H,1H3. The molecule has 60 valence electrons. The second kappa shape index (κ2) is 3.85. The van der Waals surface area contributed by atoms with Crippen molar-refractivity contribution in [2.75, 3.05) is 7.11 Å². The molecule has 1 heterocycles. The average Bonchev–Trinajstić information content (AvgIpc) is 2.39. The number of hydrogen-bond donors (Lipinski definition) is 0. The second-order valence-electron chi connectivity index (χ2n) is 1.93. The number of rotatable bonds is 3. The first-order chi connectivity index (χ1) is 5.27. The summed E-state index contributed by atoms with van der Waals surface area (Å²) in [5, 5.41) is 0. The quantitative estimate of drug-likeness (QED) is 0.684. The highest BCUT2D eigenvalue weighted by Crippen LogP contribution is 2.27. The van der Waals surface area contributed by atoms with Crippen LogP contribution in [0.5, 0.6) is 0 Å². The Labute approximate surface area is 73.7 Å². The van der Waals surface area contributed by atoms with Gasteiger partial charge in [-0.15, -0.1) is 11.3 Å². The summed E-state index contributed by atoms with van der Waals surface area (Å²) in [6, 6.07) is 3.53. The van der Waals surface area contributed by atoms with Gasteiger partial charge in [0.2, 0.25) is 0 Å². The van der Waals surface area contributed by atoms with E-state index in [1.165, 1.54) is 18.4 Å². The lowest BCUT2D eigenvalue weighted by molar-refractivity contribution is -0.116. The SMILES string of the molecule is COC(C=O)c1ccc(Cl)s1. The Morgan fingerprint density at radius 3 is 2.82 bits per heavy atom. The molecule has 1 atom stereocenters. The number of aldehydes is 1. The first-order valence-electron chi connectivity index (χ1n) is 3.01. The van der Waals surface area contributed by atoms with Crippen LogP contribution in [0.2, 0.25) is 4.34 Å². The number of thiophene rings is 1. The molecule has 4 heteroatoms. The van der Waals surface area contributed by atoms with Gasteiger partial charge >= 0.3 is 0 Å². The number of halogens is 1. The molecule has 0 saturated carbocycles. The zero-order valence-corrected chi connectivity index (χ0v) is 7.48. The van der Waals surface area contributed by atoms with Gasteiger partial charge in [-0.3, -0.25) is 0 Å². The third-order valence-electron chi connectivity index (χ3n) is 1.25. The van der Waals surface area contributed by atoms with Crippen molar-refractivity contribution >= 4 is 29.2 Å². The van der Waals surface area contributed by atoms with E-state index in [0.29, 0.717) is 4.34 Å². The van der Waals surface area contributed by atoms with Gasteiger partial charge in [-0.25, -0.2) is 0 Å². The maximum absolute atomic E-state index is 10.4. The molecule has 11 heavy (non-hydrogen) atoms. The summed E-state index contributed by atoms with van der Waals surface area (Å²) in [5.74, 6) is 0. The molecular formula is C7H7ClO2S. The van der Waals surface area contributed by atoms with Crippen LogP contribution >= 0.6 is 22.9 Å². The van der Waals surface area contributed by atoms with Gasteiger partial charge in [-0.05, 0) is 12.1 Å². The van der Waals surface area contributed by atoms with Crippen LogP contribution in [-0.4, -0.2) is 13.4 Å². The molecule has 1 aromatic heterocycles. The van der Waals surface area contributed by atoms with Gasteiger partial charge in [0.1, 0.15) is 6.10 Å². The lowest BCUT2D eigenvalue weighted by Gasteiger charge is -2.02. The fourth-order valence-corrected chi connectivity index (χ4v) is 1.82. The number of carbonyl (C=O) groups excluding carboxylic acids is 1. The minimum Gasteiger partial charge on any atom is -0.368 e. The normalized spacial score (nSPS) is 12.9. The zero-order valence-electron chi connectivity index (χ0n) is 5.91. The number of methoxy groups -OCH3 is 1. The molecule has 0 aliphatic heterocycles. The molecule has 0 radical (unpaired) electrons. The lowest BCUT2D eigenvalue weighted by atomic mass is 10.3. The molecule has 0 spiro atoms. The van der Waals surface area contributed by atoms with Crippen molar-refractivity contribution < 1.29 is 9.53 Å². The smallest absolute Gasteiger partial charge is 0.154 e. The molecule has 1 rings (SSSR count). The Kier molecular flexibility index (Phi) is 3.05. The van der Waals surface area contributed by atoms with Crippen LogP contribution in [0, 0.1) is 0 Å². The maximum atomic E-state index is 10.4. The van der Waals surface area contributed by atoms with Crippen LogP contribution in [0.15, 0.2) is 12.1 Å². The highest BCUT2D eigenvalue weighted by Gasteiger charge is 2.10. The van der Waals surface area contributed by atoms with E-state index in [1.807, 2.05) is 0 Å². The van der Waals surface area contributed by atoms with Gasteiger partial charge in [-0.1, -0.05) is 11.6 Å². The van der Waals surface area contributed by atoms with Crippen molar-refractivity contribution in [2.45, 2.75) is 6.10 Å². The Balaban J connectivity index is 2.81. The fourth-order valence-electron chi connectivity index (χ4n) is 0.720. The van der Waals surface area contributed by atoms with Crippen LogP contribution in [0.25, 0.3) is 0 Å². The molecule has 0 N–H and O–H groups in total. The topological polar surface area (TPSA) is 26.3 Å². The highest BCUT2D eigenvalue weighted by molar-refractivity contribution is 7.16. The molecular weight excluding hydrogens is 184 g/mol. The summed E-state index contributed by atoms with van der Waals surface area (Å²) >= 11 is 7.02. The summed E-state index contributed by atoms with van der Waals surface area (Å²) in [5.41, 5.74) is 0. The van der Waals surface area contributed by atoms with Crippen molar-refractivity contribution in [3.05, 3.63) is 21.3 Å². The van der Waals surface area contributed by atoms with Crippen LogP contribution in [-0.2, 0) is 9.53 Å². The van der Waals surface area contributed by atoms with E-state index in [2.05, 4.69) is 0 Å². The predicted molar refractivity (Wildman–Crippen MR) is 45.1 cm³/mol. The number of carbonyl (C=O) groups is 1. The lowest BCUT2D eigenvalue weighted by Crippen LogP contribution is -1.98. The van der Waals surface area contributed by atoms with E-state index in [-0.39, 0.29) is 0 Å². The maximum Gasteiger partial charge on any atom is 0.154 e. The Morgan fingerprint density at radius 2 is 2.45 bits per heavy atom. The van der Waals surface area contributed by atoms with E-state index in [0.717, 1.165) is 11.2 Å². The molecule has 0 bridgehead atoms. The van der Waals surface area contributed by atoms with E-state index in [9.17, 15) is 4.79 Å². The Morgan fingerprint density at radius 1 is 1.73 bits per heavy atom. The third-order valence-corrected chi connectivity index (χ3v) is 2.54. The van der Waals surface area contributed by atoms with Crippen molar-refractivity contribution in [1.82, 2.24) is 0 Å². The molecule has 2 nitrogen and oxygen atoms in total. The molecule has 1 aromatic rings. The van der Waals surface area contributed by atoms with Gasteiger partial charge in [0.25, 0.3) is 0 Å². The molecule has 0 aliphatic carbocycles. The molecule has 0 amide bonds. The van der Waals surface area contributed by atoms with Crippen molar-refractivity contribution in [1.29, 1.82) is 0 Å². The van der Waals surface area contributed by atoms with Gasteiger partial charge in [0.05, 0.1) is 4.34 Å². The minimum atomic E-state index is -0.465. The van der Waals surface area contributed by atoms with E-state index >= 15 is 0 Å². The van der Waals surface area contributed by atoms with Crippen LogP contribution < -0.4 is 0 Å². The Bertz CT molecular complexity index is 246. The van der Waals surface area contributed by atoms with Crippen molar-refractivity contribution in [3.8, 4) is 0 Å². The summed E-state index contributed by atoms with van der Waals surface area (Å²) in [6.07, 6.45) is 0.287. The molecule has 0 aliphatic rings. The van der Waals surface area contributed by atoms with Gasteiger partial charge in [0, 0.05) is 12.0 Å². The number of ether oxygens (including phenoxy) is 1. The molecule has 0 saturated heterocycles. The van der Waals surface area contributed by atoms with Crippen LogP contribution in [0.4, 0.5) is 0 Å². The monoisotopic (exact) mass is 190 g/mol. The first kappa shape index (κ1) is 8.71. The summed E-state index contributed by atoms with van der Waals surface area (Å²) < 4.78 is 5.55. The summed E-state index contributed by atoms with van der Waals surface area (Å²) in [7, 11) is 1.49. The minimum absolute atomic E-state index is 0.465. The van der Waals surface area contributed by atoms with Crippen LogP contribution in [0.1, 0.15) is 11.0 Å². The predicted octanol–water partition coefficient (Wildman–Crippen LogP) is 2.29. The van der Waals surface area contributed by atoms with Crippen molar-refractivity contribution in [2.24, 2.45) is 0 Å². The third kappa shape index (κ3) is 2.02. The largest absolute Gasteiger partial charge is 0.368 e. The van der Waals surface area contributed by atoms with Gasteiger partial charge < -0.3 is 9.53 Å². The van der Waals surface area contributed by atoms with Crippen molar-refractivity contribution in [3.63, 3.8) is 0 Å². The zero-order chi connectivity index (χ0) is 8.27. The summed E-state index contributed by atoms with van der Waals surface area (Å²) in [4.78, 5) is 11.2. The Hall–Kier alpha value is -0.380. The highest BCUT2D eigenvalue weighted by atomic mass is 35.5. The number of hydrogen-bond acceptors (Lipinski definition) is 3.